The van der Waals surface area contributed by atoms with Crippen molar-refractivity contribution in [2.24, 2.45) is 0 Å². The Labute approximate surface area is 187 Å². The summed E-state index contributed by atoms with van der Waals surface area (Å²) < 4.78 is 57.2. The SMILES string of the molecule is COC(=O)CCCOC(c1cccc2c(=O)n(Cc3ccc(OC)cc3)ncc12)C(F)(F)F. The van der Waals surface area contributed by atoms with Crippen molar-refractivity contribution in [2.75, 3.05) is 20.8 Å². The van der Waals surface area contributed by atoms with Crippen LogP contribution in [0.15, 0.2) is 53.5 Å². The number of alkyl halides is 3. The molecule has 0 aliphatic rings. The molecule has 1 aromatic heterocycles. The lowest BCUT2D eigenvalue weighted by molar-refractivity contribution is -0.223. The average molecular weight is 464 g/mol. The topological polar surface area (TPSA) is 79.7 Å². The second kappa shape index (κ2) is 10.5. The van der Waals surface area contributed by atoms with Gasteiger partial charge in [-0.2, -0.15) is 18.3 Å². The first kappa shape index (κ1) is 24.2. The molecule has 0 bridgehead atoms. The molecule has 0 saturated carbocycles. The maximum absolute atomic E-state index is 13.8. The summed E-state index contributed by atoms with van der Waals surface area (Å²) >= 11 is 0. The molecule has 0 saturated heterocycles. The Morgan fingerprint density at radius 1 is 1.09 bits per heavy atom. The van der Waals surface area contributed by atoms with Gasteiger partial charge in [0.05, 0.1) is 32.3 Å². The van der Waals surface area contributed by atoms with Crippen LogP contribution in [0.4, 0.5) is 13.2 Å². The number of aromatic nitrogens is 2. The van der Waals surface area contributed by atoms with E-state index < -0.39 is 23.8 Å². The number of esters is 1. The lowest BCUT2D eigenvalue weighted by atomic mass is 10.0. The fraction of sp³-hybridized carbons (Fsp3) is 0.348. The summed E-state index contributed by atoms with van der Waals surface area (Å²) in [7, 11) is 2.74. The van der Waals surface area contributed by atoms with Gasteiger partial charge in [-0.1, -0.05) is 24.3 Å². The predicted molar refractivity (Wildman–Crippen MR) is 114 cm³/mol. The molecule has 7 nitrogen and oxygen atoms in total. The highest BCUT2D eigenvalue weighted by atomic mass is 19.4. The van der Waals surface area contributed by atoms with Crippen molar-refractivity contribution in [3.63, 3.8) is 0 Å². The molecule has 0 radical (unpaired) electrons. The molecule has 1 unspecified atom stereocenters. The number of nitrogens with zero attached hydrogens (tertiary/aromatic N) is 2. The first-order valence-electron chi connectivity index (χ1n) is 10.1. The normalized spacial score (nSPS) is 12.5. The van der Waals surface area contributed by atoms with E-state index in [-0.39, 0.29) is 42.3 Å². The molecule has 0 aliphatic heterocycles. The largest absolute Gasteiger partial charge is 0.497 e. The third-order valence-electron chi connectivity index (χ3n) is 5.04. The number of ether oxygens (including phenoxy) is 3. The standard InChI is InChI=1S/C23H23F3N2O5/c1-31-16-10-8-15(9-11-16)14-28-22(30)18-6-3-5-17(19(18)13-27-28)21(23(24,25)26)33-12-4-7-20(29)32-2/h3,5-6,8-11,13,21H,4,7,12,14H2,1-2H3. The van der Waals surface area contributed by atoms with Gasteiger partial charge in [-0.15, -0.1) is 0 Å². The highest BCUT2D eigenvalue weighted by Gasteiger charge is 2.42. The van der Waals surface area contributed by atoms with E-state index in [1.165, 1.54) is 36.2 Å². The van der Waals surface area contributed by atoms with E-state index in [1.807, 2.05) is 0 Å². The van der Waals surface area contributed by atoms with Crippen LogP contribution in [-0.4, -0.2) is 42.8 Å². The third kappa shape index (κ3) is 5.89. The Bertz CT molecular complexity index is 1160. The van der Waals surface area contributed by atoms with Gasteiger partial charge in [0.25, 0.3) is 5.56 Å². The van der Waals surface area contributed by atoms with E-state index >= 15 is 0 Å². The summed E-state index contributed by atoms with van der Waals surface area (Å²) in [6.07, 6.45) is -5.74. The second-order valence-electron chi connectivity index (χ2n) is 7.24. The Balaban J connectivity index is 1.89. The van der Waals surface area contributed by atoms with Gasteiger partial charge in [0.15, 0.2) is 6.10 Å². The minimum Gasteiger partial charge on any atom is -0.497 e. The number of fused-ring (bicyclic) bond motifs is 1. The Kier molecular flexibility index (Phi) is 7.70. The van der Waals surface area contributed by atoms with E-state index in [4.69, 9.17) is 9.47 Å². The van der Waals surface area contributed by atoms with E-state index in [0.29, 0.717) is 5.75 Å². The smallest absolute Gasteiger partial charge is 0.418 e. The van der Waals surface area contributed by atoms with Gasteiger partial charge in [0, 0.05) is 18.4 Å². The van der Waals surface area contributed by atoms with Crippen LogP contribution in [0.25, 0.3) is 10.8 Å². The highest BCUT2D eigenvalue weighted by molar-refractivity contribution is 5.84. The fourth-order valence-corrected chi connectivity index (χ4v) is 3.36. The molecule has 33 heavy (non-hydrogen) atoms. The van der Waals surface area contributed by atoms with Crippen molar-refractivity contribution in [3.05, 3.63) is 70.1 Å². The molecule has 1 atom stereocenters. The Morgan fingerprint density at radius 3 is 2.45 bits per heavy atom. The number of hydrogen-bond acceptors (Lipinski definition) is 6. The van der Waals surface area contributed by atoms with Gasteiger partial charge < -0.3 is 14.2 Å². The van der Waals surface area contributed by atoms with Crippen molar-refractivity contribution < 1.29 is 32.2 Å². The first-order chi connectivity index (χ1) is 15.7. The van der Waals surface area contributed by atoms with Crippen molar-refractivity contribution in [1.82, 2.24) is 9.78 Å². The Hall–Kier alpha value is -3.40. The summed E-state index contributed by atoms with van der Waals surface area (Å²) in [6.45, 7) is -0.159. The van der Waals surface area contributed by atoms with Crippen LogP contribution < -0.4 is 10.3 Å². The van der Waals surface area contributed by atoms with E-state index in [2.05, 4.69) is 9.84 Å². The van der Waals surface area contributed by atoms with Gasteiger partial charge >= 0.3 is 12.1 Å². The lowest BCUT2D eigenvalue weighted by Crippen LogP contribution is -2.27. The summed E-state index contributed by atoms with van der Waals surface area (Å²) in [6, 6.07) is 11.1. The van der Waals surface area contributed by atoms with Crippen LogP contribution >= 0.6 is 0 Å². The highest BCUT2D eigenvalue weighted by Crippen LogP contribution is 2.38. The number of rotatable bonds is 9. The van der Waals surface area contributed by atoms with Crippen molar-refractivity contribution in [2.45, 2.75) is 31.7 Å². The number of benzene rings is 2. The van der Waals surface area contributed by atoms with Crippen LogP contribution in [0.2, 0.25) is 0 Å². The third-order valence-corrected chi connectivity index (χ3v) is 5.04. The summed E-state index contributed by atoms with van der Waals surface area (Å²) in [5, 5.41) is 4.25. The molecule has 0 N–H and O–H groups in total. The van der Waals surface area contributed by atoms with E-state index in [0.717, 1.165) is 5.56 Å². The minimum atomic E-state index is -4.72. The number of methoxy groups -OCH3 is 2. The molecule has 10 heteroatoms. The molecule has 0 spiro atoms. The molecular formula is C23H23F3N2O5. The molecule has 0 amide bonds. The molecule has 3 aromatic rings. The van der Waals surface area contributed by atoms with Crippen LogP contribution in [0.3, 0.4) is 0 Å². The summed E-state index contributed by atoms with van der Waals surface area (Å²) in [5.74, 6) is 0.126. The Morgan fingerprint density at radius 2 is 1.82 bits per heavy atom. The van der Waals surface area contributed by atoms with E-state index in [1.54, 1.807) is 31.4 Å². The van der Waals surface area contributed by atoms with E-state index in [9.17, 15) is 22.8 Å². The molecular weight excluding hydrogens is 441 g/mol. The molecule has 2 aromatic carbocycles. The van der Waals surface area contributed by atoms with Gasteiger partial charge in [-0.05, 0) is 35.7 Å². The monoisotopic (exact) mass is 464 g/mol. The second-order valence-corrected chi connectivity index (χ2v) is 7.24. The van der Waals surface area contributed by atoms with Gasteiger partial charge in [-0.25, -0.2) is 4.68 Å². The number of carbonyl (C=O) groups excluding carboxylic acids is 1. The number of carbonyl (C=O) groups is 1. The lowest BCUT2D eigenvalue weighted by Gasteiger charge is -2.22. The van der Waals surface area contributed by atoms with Crippen LogP contribution in [0.1, 0.15) is 30.1 Å². The van der Waals surface area contributed by atoms with Gasteiger partial charge in [0.1, 0.15) is 5.75 Å². The van der Waals surface area contributed by atoms with Crippen LogP contribution in [0, 0.1) is 0 Å². The zero-order valence-electron chi connectivity index (χ0n) is 18.1. The first-order valence-corrected chi connectivity index (χ1v) is 10.1. The van der Waals surface area contributed by atoms with Crippen molar-refractivity contribution in [3.8, 4) is 5.75 Å². The van der Waals surface area contributed by atoms with Crippen LogP contribution in [0.5, 0.6) is 5.75 Å². The zero-order chi connectivity index (χ0) is 24.0. The summed E-state index contributed by atoms with van der Waals surface area (Å²) in [4.78, 5) is 24.1. The predicted octanol–water partition coefficient (Wildman–Crippen LogP) is 4.03. The quantitative estimate of drug-likeness (QED) is 0.352. The molecule has 3 rings (SSSR count). The zero-order valence-corrected chi connectivity index (χ0v) is 18.1. The maximum Gasteiger partial charge on any atom is 0.418 e. The van der Waals surface area contributed by atoms with Gasteiger partial charge in [-0.3, -0.25) is 9.59 Å². The minimum absolute atomic E-state index is 0.0590. The number of halogens is 3. The molecule has 0 aliphatic carbocycles. The summed E-state index contributed by atoms with van der Waals surface area (Å²) in [5.41, 5.74) is 0.0547. The maximum atomic E-state index is 13.8. The fourth-order valence-electron chi connectivity index (χ4n) is 3.36. The van der Waals surface area contributed by atoms with Crippen molar-refractivity contribution >= 4 is 16.7 Å². The average Bonchev–Trinajstić information content (AvgIpc) is 2.80. The van der Waals surface area contributed by atoms with Crippen molar-refractivity contribution in [1.29, 1.82) is 0 Å². The molecule has 0 fully saturated rings. The number of hydrogen-bond donors (Lipinski definition) is 0. The molecule has 176 valence electrons. The van der Waals surface area contributed by atoms with Gasteiger partial charge in [0.2, 0.25) is 0 Å². The molecule has 1 heterocycles. The van der Waals surface area contributed by atoms with Crippen LogP contribution in [-0.2, 0) is 20.8 Å².